The molecule has 0 fully saturated rings. The van der Waals surface area contributed by atoms with Gasteiger partial charge >= 0.3 is 6.18 Å². The number of hydrogen-bond donors (Lipinski definition) is 1. The van der Waals surface area contributed by atoms with E-state index in [0.717, 1.165) is 23.1 Å². The summed E-state index contributed by atoms with van der Waals surface area (Å²) >= 11 is 0. The number of aldehydes is 1. The summed E-state index contributed by atoms with van der Waals surface area (Å²) in [5.74, 6) is 0. The molecule has 0 saturated heterocycles. The maximum atomic E-state index is 13.4. The molecule has 2 heterocycles. The van der Waals surface area contributed by atoms with E-state index < -0.39 is 11.7 Å². The molecule has 0 aliphatic rings. The highest BCUT2D eigenvalue weighted by molar-refractivity contribution is 5.83. The molecule has 0 amide bonds. The highest BCUT2D eigenvalue weighted by Crippen LogP contribution is 2.40. The number of carbonyl (C=O) groups is 1. The predicted molar refractivity (Wildman–Crippen MR) is 146 cm³/mol. The Balaban J connectivity index is 0.000000385. The van der Waals surface area contributed by atoms with E-state index >= 15 is 0 Å². The van der Waals surface area contributed by atoms with Gasteiger partial charge in [-0.2, -0.15) is 13.2 Å². The van der Waals surface area contributed by atoms with Gasteiger partial charge in [-0.15, -0.1) is 6.58 Å². The first-order valence-electron chi connectivity index (χ1n) is 11.7. The number of aromatic nitrogens is 1. The third-order valence-electron chi connectivity index (χ3n) is 5.20. The number of anilines is 1. The highest BCUT2D eigenvalue weighted by Gasteiger charge is 2.34. The fourth-order valence-electron chi connectivity index (χ4n) is 3.35. The van der Waals surface area contributed by atoms with E-state index in [1.54, 1.807) is 55.5 Å². The number of hydrogen-bond acceptors (Lipinski definition) is 2. The zero-order valence-corrected chi connectivity index (χ0v) is 21.8. The molecular weight excluding hydrogens is 461 g/mol. The van der Waals surface area contributed by atoms with E-state index in [1.165, 1.54) is 6.07 Å². The summed E-state index contributed by atoms with van der Waals surface area (Å²) in [6.45, 7) is 14.7. The number of halogens is 3. The molecule has 3 nitrogen and oxygen atoms in total. The van der Waals surface area contributed by atoms with Gasteiger partial charge < -0.3 is 10.1 Å². The fraction of sp³-hybridized carbons (Fsp3) is 0.233. The molecule has 0 spiro atoms. The second kappa shape index (κ2) is 13.9. The number of alkyl halides is 3. The average molecular weight is 497 g/mol. The van der Waals surface area contributed by atoms with E-state index in [0.29, 0.717) is 22.4 Å². The first-order chi connectivity index (χ1) is 17.0. The molecule has 4 rings (SSSR count). The third kappa shape index (κ3) is 7.87. The quantitative estimate of drug-likeness (QED) is 0.171. The molecule has 4 aromatic rings. The first-order valence-corrected chi connectivity index (χ1v) is 11.7. The number of pyridine rings is 1. The van der Waals surface area contributed by atoms with Gasteiger partial charge in [0.1, 0.15) is 6.29 Å². The Morgan fingerprint density at radius 1 is 0.889 bits per heavy atom. The Labute approximate surface area is 212 Å². The third-order valence-corrected chi connectivity index (χ3v) is 5.20. The van der Waals surface area contributed by atoms with Crippen LogP contribution in [-0.4, -0.2) is 10.7 Å². The zero-order chi connectivity index (χ0) is 27.5. The summed E-state index contributed by atoms with van der Waals surface area (Å²) in [5.41, 5.74) is 10.2. The lowest BCUT2D eigenvalue weighted by Gasteiger charge is -2.17. The minimum atomic E-state index is -4.37. The van der Waals surface area contributed by atoms with Crippen LogP contribution < -0.4 is 5.73 Å². The largest absolute Gasteiger partial charge is 0.417 e. The Kier molecular flexibility index (Phi) is 11.7. The van der Waals surface area contributed by atoms with Gasteiger partial charge in [0.2, 0.25) is 0 Å². The van der Waals surface area contributed by atoms with Crippen molar-refractivity contribution < 1.29 is 18.0 Å². The van der Waals surface area contributed by atoms with Gasteiger partial charge in [-0.3, -0.25) is 4.79 Å². The van der Waals surface area contributed by atoms with E-state index in [-0.39, 0.29) is 5.56 Å². The minimum absolute atomic E-state index is 0.235. The van der Waals surface area contributed by atoms with Crippen LogP contribution >= 0.6 is 0 Å². The van der Waals surface area contributed by atoms with Crippen LogP contribution in [0, 0.1) is 20.8 Å². The van der Waals surface area contributed by atoms with Crippen LogP contribution in [0.5, 0.6) is 0 Å². The van der Waals surface area contributed by atoms with Crippen molar-refractivity contribution in [2.45, 2.75) is 47.7 Å². The minimum Gasteiger partial charge on any atom is -0.399 e. The lowest BCUT2D eigenvalue weighted by molar-refractivity contribution is -0.137. The van der Waals surface area contributed by atoms with Crippen LogP contribution in [0.1, 0.15) is 53.5 Å². The number of nitrogens with zero attached hydrogens (tertiary/aromatic N) is 1. The lowest BCUT2D eigenvalue weighted by Crippen LogP contribution is -2.08. The molecule has 0 saturated carbocycles. The number of aryl methyl sites for hydroxylation is 3. The van der Waals surface area contributed by atoms with Crippen LogP contribution in [0.25, 0.3) is 16.6 Å². The number of fused-ring (bicyclic) bond motifs is 1. The summed E-state index contributed by atoms with van der Waals surface area (Å²) < 4.78 is 42.2. The normalized spacial score (nSPS) is 10.1. The van der Waals surface area contributed by atoms with Crippen LogP contribution in [0.4, 0.5) is 18.9 Å². The zero-order valence-electron chi connectivity index (χ0n) is 21.8. The Morgan fingerprint density at radius 3 is 1.97 bits per heavy atom. The summed E-state index contributed by atoms with van der Waals surface area (Å²) in [6.07, 6.45) is 0.0319. The smallest absolute Gasteiger partial charge is 0.399 e. The van der Waals surface area contributed by atoms with Crippen molar-refractivity contribution in [1.82, 2.24) is 4.40 Å². The first kappa shape index (κ1) is 30.2. The molecular formula is C30H35F3N2O. The molecule has 0 unspecified atom stereocenters. The van der Waals surface area contributed by atoms with E-state index in [9.17, 15) is 18.0 Å². The summed E-state index contributed by atoms with van der Waals surface area (Å²) in [5, 5.41) is 0. The molecule has 6 heteroatoms. The SMILES string of the molecule is C=CC.CC.Cc1cc(-c2cccn3c(C)ccc23)c(C(F)(F)F)cc1C.Nc1ccc(C=O)cc1. The van der Waals surface area contributed by atoms with Crippen LogP contribution in [0.3, 0.4) is 0 Å². The van der Waals surface area contributed by atoms with Crippen LogP contribution in [0.15, 0.2) is 79.5 Å². The molecule has 2 aromatic carbocycles. The van der Waals surface area contributed by atoms with E-state index in [2.05, 4.69) is 6.58 Å². The Hall–Kier alpha value is -3.80. The van der Waals surface area contributed by atoms with Crippen molar-refractivity contribution in [1.29, 1.82) is 0 Å². The van der Waals surface area contributed by atoms with Crippen molar-refractivity contribution in [2.75, 3.05) is 5.73 Å². The summed E-state index contributed by atoms with van der Waals surface area (Å²) in [6, 6.07) is 16.9. The lowest BCUT2D eigenvalue weighted by atomic mass is 9.94. The molecule has 0 aliphatic heterocycles. The number of rotatable bonds is 2. The Morgan fingerprint density at radius 2 is 1.44 bits per heavy atom. The van der Waals surface area contributed by atoms with Crippen LogP contribution in [-0.2, 0) is 6.18 Å². The molecule has 2 aromatic heterocycles. The summed E-state index contributed by atoms with van der Waals surface area (Å²) in [7, 11) is 0. The topological polar surface area (TPSA) is 47.5 Å². The molecule has 0 atom stereocenters. The number of nitrogen functional groups attached to an aromatic ring is 1. The number of benzene rings is 2. The monoisotopic (exact) mass is 496 g/mol. The number of allylic oxidation sites excluding steroid dienone is 1. The average Bonchev–Trinajstić information content (AvgIpc) is 3.23. The second-order valence-corrected chi connectivity index (χ2v) is 7.82. The molecule has 192 valence electrons. The molecule has 0 radical (unpaired) electrons. The van der Waals surface area contributed by atoms with Gasteiger partial charge in [-0.05, 0) is 92.9 Å². The molecule has 0 aliphatic carbocycles. The standard InChI is InChI=1S/C18H16F3N.C7H7NO.C3H6.C2H6/c1-11-9-15(16(10-12(11)2)18(19,20)21)14-5-4-8-22-13(3)6-7-17(14)22;8-7-3-1-6(5-9)2-4-7;1-3-2;1-2/h4-10H,1-3H3;1-5H,8H2;3H,1H2,2H3;1-2H3. The fourth-order valence-corrected chi connectivity index (χ4v) is 3.35. The van der Waals surface area contributed by atoms with Crippen molar-refractivity contribution in [2.24, 2.45) is 0 Å². The van der Waals surface area contributed by atoms with E-state index in [1.807, 2.05) is 57.3 Å². The van der Waals surface area contributed by atoms with Crippen molar-refractivity contribution in [3.05, 3.63) is 107 Å². The molecule has 36 heavy (non-hydrogen) atoms. The van der Waals surface area contributed by atoms with Gasteiger partial charge in [0.05, 0.1) is 11.1 Å². The van der Waals surface area contributed by atoms with Crippen molar-refractivity contribution >= 4 is 17.5 Å². The van der Waals surface area contributed by atoms with Gasteiger partial charge in [0.25, 0.3) is 0 Å². The van der Waals surface area contributed by atoms with Gasteiger partial charge in [-0.25, -0.2) is 0 Å². The maximum absolute atomic E-state index is 13.4. The van der Waals surface area contributed by atoms with E-state index in [4.69, 9.17) is 5.73 Å². The Bertz CT molecular complexity index is 1270. The second-order valence-electron chi connectivity index (χ2n) is 7.82. The molecule has 2 N–H and O–H groups in total. The van der Waals surface area contributed by atoms with Gasteiger partial charge in [0, 0.05) is 28.7 Å². The summed E-state index contributed by atoms with van der Waals surface area (Å²) in [4.78, 5) is 10.1. The number of carbonyl (C=O) groups excluding carboxylic acids is 1. The predicted octanol–water partition coefficient (Wildman–Crippen LogP) is 8.85. The highest BCUT2D eigenvalue weighted by atomic mass is 19.4. The van der Waals surface area contributed by atoms with Crippen molar-refractivity contribution in [3.63, 3.8) is 0 Å². The van der Waals surface area contributed by atoms with Gasteiger partial charge in [-0.1, -0.05) is 32.1 Å². The maximum Gasteiger partial charge on any atom is 0.417 e. The van der Waals surface area contributed by atoms with Crippen molar-refractivity contribution in [3.8, 4) is 11.1 Å². The van der Waals surface area contributed by atoms with Gasteiger partial charge in [0.15, 0.2) is 0 Å². The number of nitrogens with two attached hydrogens (primary N) is 1. The van der Waals surface area contributed by atoms with Crippen LogP contribution in [0.2, 0.25) is 0 Å². The molecule has 0 bridgehead atoms.